The third kappa shape index (κ3) is 4.29. The van der Waals surface area contributed by atoms with Gasteiger partial charge in [-0.05, 0) is 45.8 Å². The Balaban J connectivity index is 1.84. The number of nitrogens with one attached hydrogen (secondary N) is 1. The zero-order valence-electron chi connectivity index (χ0n) is 12.0. The van der Waals surface area contributed by atoms with E-state index in [9.17, 15) is 4.39 Å². The van der Waals surface area contributed by atoms with Crippen LogP contribution in [0.1, 0.15) is 44.7 Å². The molecule has 1 heterocycles. The third-order valence-corrected chi connectivity index (χ3v) is 3.89. The molecular formula is C16H25FN2. The normalized spacial score (nSPS) is 20.2. The highest BCUT2D eigenvalue weighted by atomic mass is 19.1. The van der Waals surface area contributed by atoms with Gasteiger partial charge in [0.25, 0.3) is 0 Å². The van der Waals surface area contributed by atoms with Gasteiger partial charge in [0, 0.05) is 24.2 Å². The molecule has 3 heteroatoms. The van der Waals surface area contributed by atoms with Crippen molar-refractivity contribution in [2.45, 2.75) is 45.2 Å². The maximum absolute atomic E-state index is 13.7. The Kier molecular flexibility index (Phi) is 5.34. The summed E-state index contributed by atoms with van der Waals surface area (Å²) >= 11 is 0. The SMILES string of the molecule is CC(CN1CCCCC1)NC(C)c1ccccc1F. The Labute approximate surface area is 116 Å². The van der Waals surface area contributed by atoms with Crippen molar-refractivity contribution >= 4 is 0 Å². The Morgan fingerprint density at radius 2 is 1.84 bits per heavy atom. The number of piperidine rings is 1. The maximum Gasteiger partial charge on any atom is 0.127 e. The van der Waals surface area contributed by atoms with E-state index in [4.69, 9.17) is 0 Å². The predicted octanol–water partition coefficient (Wildman–Crippen LogP) is 3.35. The summed E-state index contributed by atoms with van der Waals surface area (Å²) in [6.45, 7) is 7.69. The van der Waals surface area contributed by atoms with Crippen LogP contribution in [0.25, 0.3) is 0 Å². The van der Waals surface area contributed by atoms with Crippen molar-refractivity contribution in [3.8, 4) is 0 Å². The fraction of sp³-hybridized carbons (Fsp3) is 0.625. The first-order valence-corrected chi connectivity index (χ1v) is 7.39. The largest absolute Gasteiger partial charge is 0.306 e. The maximum atomic E-state index is 13.7. The standard InChI is InChI=1S/C16H25FN2/c1-13(12-19-10-6-3-7-11-19)18-14(2)15-8-4-5-9-16(15)17/h4-5,8-9,13-14,18H,3,6-7,10-12H2,1-2H3. The minimum atomic E-state index is -0.118. The van der Waals surface area contributed by atoms with Crippen LogP contribution in [0.5, 0.6) is 0 Å². The molecule has 1 aromatic rings. The summed E-state index contributed by atoms with van der Waals surface area (Å²) in [5, 5.41) is 3.50. The fourth-order valence-corrected chi connectivity index (χ4v) is 2.92. The molecule has 1 aromatic carbocycles. The third-order valence-electron chi connectivity index (χ3n) is 3.89. The lowest BCUT2D eigenvalue weighted by Gasteiger charge is -2.30. The molecule has 1 N–H and O–H groups in total. The summed E-state index contributed by atoms with van der Waals surface area (Å²) in [7, 11) is 0. The number of hydrogen-bond donors (Lipinski definition) is 1. The van der Waals surface area contributed by atoms with E-state index in [0.29, 0.717) is 6.04 Å². The number of benzene rings is 1. The van der Waals surface area contributed by atoms with Crippen LogP contribution in [-0.2, 0) is 0 Å². The Morgan fingerprint density at radius 1 is 1.16 bits per heavy atom. The van der Waals surface area contributed by atoms with E-state index in [1.165, 1.54) is 38.4 Å². The van der Waals surface area contributed by atoms with Crippen LogP contribution in [0.2, 0.25) is 0 Å². The van der Waals surface area contributed by atoms with Crippen molar-refractivity contribution in [1.29, 1.82) is 0 Å². The fourth-order valence-electron chi connectivity index (χ4n) is 2.92. The van der Waals surface area contributed by atoms with Gasteiger partial charge in [0.15, 0.2) is 0 Å². The highest BCUT2D eigenvalue weighted by Gasteiger charge is 2.16. The van der Waals surface area contributed by atoms with Gasteiger partial charge in [-0.1, -0.05) is 24.6 Å². The molecule has 0 aliphatic carbocycles. The van der Waals surface area contributed by atoms with Crippen LogP contribution in [0.3, 0.4) is 0 Å². The molecule has 0 amide bonds. The molecule has 1 fully saturated rings. The van der Waals surface area contributed by atoms with Crippen LogP contribution in [0, 0.1) is 5.82 Å². The molecule has 1 aliphatic heterocycles. The Bertz CT molecular complexity index is 388. The number of halogens is 1. The van der Waals surface area contributed by atoms with Gasteiger partial charge < -0.3 is 10.2 Å². The molecule has 1 aliphatic rings. The van der Waals surface area contributed by atoms with Crippen molar-refractivity contribution in [2.24, 2.45) is 0 Å². The Hall–Kier alpha value is -0.930. The van der Waals surface area contributed by atoms with E-state index in [-0.39, 0.29) is 11.9 Å². The highest BCUT2D eigenvalue weighted by molar-refractivity contribution is 5.20. The number of likely N-dealkylation sites (tertiary alicyclic amines) is 1. The van der Waals surface area contributed by atoms with E-state index in [2.05, 4.69) is 17.1 Å². The monoisotopic (exact) mass is 264 g/mol. The summed E-state index contributed by atoms with van der Waals surface area (Å²) in [5.74, 6) is -0.118. The smallest absolute Gasteiger partial charge is 0.127 e. The van der Waals surface area contributed by atoms with E-state index in [1.807, 2.05) is 19.1 Å². The summed E-state index contributed by atoms with van der Waals surface area (Å²) < 4.78 is 13.7. The van der Waals surface area contributed by atoms with Crippen LogP contribution < -0.4 is 5.32 Å². The summed E-state index contributed by atoms with van der Waals surface area (Å²) in [6, 6.07) is 7.46. The summed E-state index contributed by atoms with van der Waals surface area (Å²) in [4.78, 5) is 2.51. The molecule has 0 saturated carbocycles. The molecule has 0 spiro atoms. The van der Waals surface area contributed by atoms with Crippen molar-refractivity contribution < 1.29 is 4.39 Å². The lowest BCUT2D eigenvalue weighted by molar-refractivity contribution is 0.205. The molecule has 1 saturated heterocycles. The minimum Gasteiger partial charge on any atom is -0.306 e. The van der Waals surface area contributed by atoms with Gasteiger partial charge >= 0.3 is 0 Å². The molecule has 0 bridgehead atoms. The minimum absolute atomic E-state index is 0.0565. The van der Waals surface area contributed by atoms with E-state index in [1.54, 1.807) is 6.07 Å². The van der Waals surface area contributed by atoms with Gasteiger partial charge in [-0.2, -0.15) is 0 Å². The number of hydrogen-bond acceptors (Lipinski definition) is 2. The zero-order chi connectivity index (χ0) is 13.7. The molecule has 19 heavy (non-hydrogen) atoms. The first-order chi connectivity index (χ1) is 9.16. The van der Waals surface area contributed by atoms with Gasteiger partial charge in [-0.3, -0.25) is 0 Å². The van der Waals surface area contributed by atoms with Crippen molar-refractivity contribution in [3.63, 3.8) is 0 Å². The quantitative estimate of drug-likeness (QED) is 0.877. The summed E-state index contributed by atoms with van der Waals surface area (Å²) in [5.41, 5.74) is 0.757. The average Bonchev–Trinajstić information content (AvgIpc) is 2.40. The lowest BCUT2D eigenvalue weighted by Crippen LogP contribution is -2.42. The van der Waals surface area contributed by atoms with E-state index in [0.717, 1.165) is 12.1 Å². The molecule has 0 radical (unpaired) electrons. The van der Waals surface area contributed by atoms with Gasteiger partial charge in [-0.15, -0.1) is 0 Å². The van der Waals surface area contributed by atoms with Crippen molar-refractivity contribution in [2.75, 3.05) is 19.6 Å². The van der Waals surface area contributed by atoms with Crippen LogP contribution in [-0.4, -0.2) is 30.6 Å². The second kappa shape index (κ2) is 7.01. The molecular weight excluding hydrogens is 239 g/mol. The van der Waals surface area contributed by atoms with Gasteiger partial charge in [0.2, 0.25) is 0 Å². The van der Waals surface area contributed by atoms with Crippen LogP contribution in [0.15, 0.2) is 24.3 Å². The van der Waals surface area contributed by atoms with Crippen LogP contribution in [0.4, 0.5) is 4.39 Å². The van der Waals surface area contributed by atoms with E-state index >= 15 is 0 Å². The Morgan fingerprint density at radius 3 is 2.53 bits per heavy atom. The molecule has 2 rings (SSSR count). The lowest BCUT2D eigenvalue weighted by atomic mass is 10.1. The topological polar surface area (TPSA) is 15.3 Å². The van der Waals surface area contributed by atoms with Gasteiger partial charge in [0.05, 0.1) is 0 Å². The summed E-state index contributed by atoms with van der Waals surface area (Å²) in [6.07, 6.45) is 4.00. The molecule has 106 valence electrons. The van der Waals surface area contributed by atoms with Crippen molar-refractivity contribution in [1.82, 2.24) is 10.2 Å². The second-order valence-electron chi connectivity index (χ2n) is 5.67. The molecule has 2 atom stereocenters. The molecule has 2 nitrogen and oxygen atoms in total. The van der Waals surface area contributed by atoms with Crippen molar-refractivity contribution in [3.05, 3.63) is 35.6 Å². The second-order valence-corrected chi connectivity index (χ2v) is 5.67. The first-order valence-electron chi connectivity index (χ1n) is 7.39. The van der Waals surface area contributed by atoms with Gasteiger partial charge in [-0.25, -0.2) is 4.39 Å². The van der Waals surface area contributed by atoms with Crippen LogP contribution >= 0.6 is 0 Å². The number of nitrogens with zero attached hydrogens (tertiary/aromatic N) is 1. The first kappa shape index (κ1) is 14.5. The average molecular weight is 264 g/mol. The predicted molar refractivity (Wildman–Crippen MR) is 77.7 cm³/mol. The number of rotatable bonds is 5. The van der Waals surface area contributed by atoms with Gasteiger partial charge in [0.1, 0.15) is 5.82 Å². The highest BCUT2D eigenvalue weighted by Crippen LogP contribution is 2.17. The zero-order valence-corrected chi connectivity index (χ0v) is 12.0. The molecule has 2 unspecified atom stereocenters. The van der Waals surface area contributed by atoms with E-state index < -0.39 is 0 Å². The molecule has 0 aromatic heterocycles.